The molecule has 2 aliphatic rings. The molecule has 2 heterocycles. The first-order chi connectivity index (χ1) is 16.6. The second-order valence-corrected chi connectivity index (χ2v) is 9.73. The third kappa shape index (κ3) is 4.87. The lowest BCUT2D eigenvalue weighted by atomic mass is 9.73. The second kappa shape index (κ2) is 9.54. The van der Waals surface area contributed by atoms with E-state index >= 15 is 0 Å². The first kappa shape index (κ1) is 25.1. The van der Waals surface area contributed by atoms with Crippen molar-refractivity contribution in [2.45, 2.75) is 33.4 Å². The van der Waals surface area contributed by atoms with Crippen LogP contribution in [0.2, 0.25) is 0 Å². The van der Waals surface area contributed by atoms with Crippen LogP contribution in [0.15, 0.2) is 36.4 Å². The van der Waals surface area contributed by atoms with Gasteiger partial charge in [-0.2, -0.15) is 18.4 Å². The molecule has 0 radical (unpaired) electrons. The minimum atomic E-state index is -4.61. The summed E-state index contributed by atoms with van der Waals surface area (Å²) in [4.78, 5) is 17.2. The van der Waals surface area contributed by atoms with E-state index in [-0.39, 0.29) is 22.8 Å². The van der Waals surface area contributed by atoms with Crippen LogP contribution in [0.5, 0.6) is 0 Å². The van der Waals surface area contributed by atoms with Crippen molar-refractivity contribution in [3.05, 3.63) is 64.2 Å². The Hall–Kier alpha value is -3.05. The molecule has 2 unspecified atom stereocenters. The van der Waals surface area contributed by atoms with E-state index in [1.807, 2.05) is 48.8 Å². The Morgan fingerprint density at radius 2 is 1.94 bits per heavy atom. The van der Waals surface area contributed by atoms with Crippen molar-refractivity contribution in [3.8, 4) is 6.07 Å². The summed E-state index contributed by atoms with van der Waals surface area (Å²) in [5, 5.41) is 9.13. The highest BCUT2D eigenvalue weighted by atomic mass is 19.4. The third-order valence-electron chi connectivity index (χ3n) is 7.49. The highest BCUT2D eigenvalue weighted by Gasteiger charge is 2.51. The van der Waals surface area contributed by atoms with Gasteiger partial charge in [0.25, 0.3) is 5.91 Å². The van der Waals surface area contributed by atoms with Gasteiger partial charge in [-0.1, -0.05) is 6.07 Å². The van der Waals surface area contributed by atoms with Crippen molar-refractivity contribution >= 4 is 11.6 Å². The summed E-state index contributed by atoms with van der Waals surface area (Å²) in [6.07, 6.45) is -3.85. The van der Waals surface area contributed by atoms with Crippen molar-refractivity contribution in [2.24, 2.45) is 11.3 Å². The van der Waals surface area contributed by atoms with Gasteiger partial charge in [-0.3, -0.25) is 4.79 Å². The second-order valence-electron chi connectivity index (χ2n) is 9.73. The first-order valence-electron chi connectivity index (χ1n) is 11.9. The zero-order chi connectivity index (χ0) is 25.4. The molecule has 5 nitrogen and oxygen atoms in total. The predicted octanol–water partition coefficient (Wildman–Crippen LogP) is 5.20. The molecule has 2 fully saturated rings. The van der Waals surface area contributed by atoms with Crippen molar-refractivity contribution in [3.63, 3.8) is 0 Å². The topological polar surface area (TPSA) is 56.6 Å². The number of amides is 1. The fourth-order valence-corrected chi connectivity index (χ4v) is 5.38. The number of hydrogen-bond donors (Lipinski definition) is 0. The van der Waals surface area contributed by atoms with Gasteiger partial charge in [0.2, 0.25) is 0 Å². The maximum Gasteiger partial charge on any atom is 0.417 e. The fraction of sp³-hybridized carbons (Fsp3) is 0.481. The van der Waals surface area contributed by atoms with E-state index in [1.54, 1.807) is 12.1 Å². The molecule has 0 saturated carbocycles. The van der Waals surface area contributed by atoms with Crippen LogP contribution in [0.4, 0.5) is 18.9 Å². The highest BCUT2D eigenvalue weighted by Crippen LogP contribution is 2.45. The van der Waals surface area contributed by atoms with E-state index in [0.29, 0.717) is 50.6 Å². The van der Waals surface area contributed by atoms with Crippen LogP contribution >= 0.6 is 0 Å². The summed E-state index contributed by atoms with van der Waals surface area (Å²) in [5.74, 6) is 0.154. The number of aryl methyl sites for hydroxylation is 2. The number of carbonyl (C=O) groups excluding carboxylic acids is 1. The molecule has 0 bridgehead atoms. The Balaban J connectivity index is 1.61. The fourth-order valence-electron chi connectivity index (χ4n) is 5.38. The molecule has 0 spiro atoms. The largest absolute Gasteiger partial charge is 0.417 e. The van der Waals surface area contributed by atoms with E-state index in [2.05, 4.69) is 0 Å². The van der Waals surface area contributed by atoms with Crippen LogP contribution in [0.25, 0.3) is 0 Å². The maximum atomic E-state index is 13.6. The van der Waals surface area contributed by atoms with Gasteiger partial charge >= 0.3 is 6.18 Å². The molecule has 2 aromatic carbocycles. The number of likely N-dealkylation sites (tertiary alicyclic amines) is 1. The number of carbonyl (C=O) groups is 1. The van der Waals surface area contributed by atoms with E-state index in [9.17, 15) is 18.0 Å². The van der Waals surface area contributed by atoms with Crippen LogP contribution in [0.1, 0.15) is 46.0 Å². The third-order valence-corrected chi connectivity index (χ3v) is 7.49. The quantitative estimate of drug-likeness (QED) is 0.584. The lowest BCUT2D eigenvalue weighted by Gasteiger charge is -2.44. The zero-order valence-corrected chi connectivity index (χ0v) is 20.3. The summed E-state index contributed by atoms with van der Waals surface area (Å²) < 4.78 is 46.5. The minimum Gasteiger partial charge on any atom is -0.381 e. The van der Waals surface area contributed by atoms with E-state index in [0.717, 1.165) is 23.6 Å². The van der Waals surface area contributed by atoms with Crippen LogP contribution in [0, 0.1) is 36.5 Å². The number of nitrogens with zero attached hydrogens (tertiary/aromatic N) is 3. The monoisotopic (exact) mass is 485 g/mol. The van der Waals surface area contributed by atoms with E-state index < -0.39 is 11.7 Å². The highest BCUT2D eigenvalue weighted by molar-refractivity contribution is 5.94. The number of anilines is 1. The standard InChI is InChI=1S/C27H30F3N3O2/c1-4-35-17-26-15-32(25(34)20-6-5-18(2)19(3)11-20)10-9-22(26)14-33(16-26)23-8-7-21(13-31)24(12-23)27(28,29)30/h5-8,11-12,22H,4,9-10,14-17H2,1-3H3. The van der Waals surface area contributed by atoms with Gasteiger partial charge in [-0.05, 0) is 74.6 Å². The normalized spacial score (nSPS) is 22.1. The number of rotatable bonds is 5. The van der Waals surface area contributed by atoms with Crippen LogP contribution < -0.4 is 4.90 Å². The number of hydrogen-bond acceptors (Lipinski definition) is 4. The van der Waals surface area contributed by atoms with Crippen molar-refractivity contribution < 1.29 is 22.7 Å². The van der Waals surface area contributed by atoms with Crippen LogP contribution in [-0.4, -0.2) is 50.2 Å². The molecular weight excluding hydrogens is 455 g/mol. The summed E-state index contributed by atoms with van der Waals surface area (Å²) in [6.45, 7) is 9.01. The van der Waals surface area contributed by atoms with Crippen molar-refractivity contribution in [1.29, 1.82) is 5.26 Å². The van der Waals surface area contributed by atoms with Gasteiger partial charge in [-0.25, -0.2) is 0 Å². The maximum absolute atomic E-state index is 13.6. The van der Waals surface area contributed by atoms with Gasteiger partial charge in [0.1, 0.15) is 0 Å². The van der Waals surface area contributed by atoms with Gasteiger partial charge in [-0.15, -0.1) is 0 Å². The average Bonchev–Trinajstić information content (AvgIpc) is 3.22. The number of benzene rings is 2. The molecule has 2 saturated heterocycles. The summed E-state index contributed by atoms with van der Waals surface area (Å²) >= 11 is 0. The summed E-state index contributed by atoms with van der Waals surface area (Å²) in [6, 6.07) is 11.2. The van der Waals surface area contributed by atoms with Gasteiger partial charge in [0, 0.05) is 49.5 Å². The molecule has 2 atom stereocenters. The minimum absolute atomic E-state index is 0.0291. The number of nitriles is 1. The van der Waals surface area contributed by atoms with Crippen LogP contribution in [-0.2, 0) is 10.9 Å². The Kier molecular flexibility index (Phi) is 6.83. The van der Waals surface area contributed by atoms with E-state index in [1.165, 1.54) is 6.07 Å². The Morgan fingerprint density at radius 1 is 1.17 bits per heavy atom. The molecule has 1 amide bonds. The molecule has 8 heteroatoms. The Bertz CT molecular complexity index is 1160. The van der Waals surface area contributed by atoms with Crippen LogP contribution in [0.3, 0.4) is 0 Å². The Labute approximate surface area is 204 Å². The van der Waals surface area contributed by atoms with Gasteiger partial charge < -0.3 is 14.5 Å². The van der Waals surface area contributed by atoms with Gasteiger partial charge in [0.05, 0.1) is 23.8 Å². The van der Waals surface area contributed by atoms with Crippen molar-refractivity contribution in [2.75, 3.05) is 44.3 Å². The lowest BCUT2D eigenvalue weighted by Crippen LogP contribution is -2.53. The lowest BCUT2D eigenvalue weighted by molar-refractivity contribution is -0.137. The molecule has 0 N–H and O–H groups in total. The summed E-state index contributed by atoms with van der Waals surface area (Å²) in [7, 11) is 0. The molecular formula is C27H30F3N3O2. The SMILES string of the molecule is CCOCC12CN(C(=O)c3ccc(C)c(C)c3)CCC1CN(c1ccc(C#N)c(C(F)(F)F)c1)C2. The molecule has 2 aliphatic heterocycles. The average molecular weight is 486 g/mol. The molecule has 0 aromatic heterocycles. The molecule has 2 aromatic rings. The van der Waals surface area contributed by atoms with Gasteiger partial charge in [0.15, 0.2) is 0 Å². The first-order valence-corrected chi connectivity index (χ1v) is 11.9. The van der Waals surface area contributed by atoms with Crippen molar-refractivity contribution in [1.82, 2.24) is 4.90 Å². The summed E-state index contributed by atoms with van der Waals surface area (Å²) in [5.41, 5.74) is 1.59. The zero-order valence-electron chi connectivity index (χ0n) is 20.3. The number of halogens is 3. The molecule has 35 heavy (non-hydrogen) atoms. The molecule has 0 aliphatic carbocycles. The molecule has 4 rings (SSSR count). The predicted molar refractivity (Wildman–Crippen MR) is 127 cm³/mol. The Morgan fingerprint density at radius 3 is 2.60 bits per heavy atom. The smallest absolute Gasteiger partial charge is 0.381 e. The number of fused-ring (bicyclic) bond motifs is 1. The molecule has 186 valence electrons. The number of ether oxygens (including phenoxy) is 1. The van der Waals surface area contributed by atoms with E-state index in [4.69, 9.17) is 10.00 Å². The number of piperidine rings is 1. The number of alkyl halides is 3.